The molecular weight excluding hydrogens is 610 g/mol. The molecule has 7 N–H and O–H groups in total. The molecule has 0 spiro atoms. The molecule has 5 unspecified atom stereocenters. The number of aromatic hydroxyl groups is 2. The molecule has 6 rings (SSSR count). The number of hydrogen-bond donors (Lipinski definition) is 6. The van der Waals surface area contributed by atoms with E-state index in [1.54, 1.807) is 37.3 Å². The van der Waals surface area contributed by atoms with Gasteiger partial charge in [0, 0.05) is 47.6 Å². The summed E-state index contributed by atoms with van der Waals surface area (Å²) in [6.45, 7) is 3.09. The van der Waals surface area contributed by atoms with Crippen molar-refractivity contribution in [2.75, 3.05) is 7.11 Å². The Morgan fingerprint density at radius 3 is 2.43 bits per heavy atom. The first kappa shape index (κ1) is 32.3. The maximum Gasteiger partial charge on any atom is 0.271 e. The SMILES string of the molecule is COc1cccc2c1C(=O)c1c(O)c3c(c(O)c1C2=O)C[C@@](O)(C(C)=NNC(=O)c1ccccc1)CC3OC1CC(N)C(O)C(C)O1. The third-order valence-electron chi connectivity index (χ3n) is 9.18. The Hall–Kier alpha value is -4.66. The van der Waals surface area contributed by atoms with Crippen molar-refractivity contribution in [1.82, 2.24) is 5.43 Å². The fraction of sp³-hybridized carbons (Fsp3) is 0.353. The van der Waals surface area contributed by atoms with Crippen LogP contribution >= 0.6 is 0 Å². The zero-order chi connectivity index (χ0) is 33.8. The van der Waals surface area contributed by atoms with E-state index in [1.165, 1.54) is 32.2 Å². The number of ether oxygens (including phenoxy) is 3. The third kappa shape index (κ3) is 5.45. The number of amides is 1. The van der Waals surface area contributed by atoms with Crippen LogP contribution in [0.1, 0.15) is 86.1 Å². The first-order valence-corrected chi connectivity index (χ1v) is 15.1. The van der Waals surface area contributed by atoms with Crippen molar-refractivity contribution in [3.05, 3.63) is 87.5 Å². The van der Waals surface area contributed by atoms with Crippen molar-refractivity contribution >= 4 is 23.2 Å². The number of carbonyl (C=O) groups excluding carboxylic acids is 3. The standard InChI is InChI=1S/C34H35N3O10/c1-15-28(38)20(35)12-23(46-15)47-22-14-34(44,16(2)36-37-33(43)17-8-5-4-6-9-17)13-19-25(22)32(42)27-26(30(19)40)29(39)18-10-7-11-21(45-3)24(18)31(27)41/h4-11,15,20,22-23,28,38,40,42,44H,12-14,35H2,1-3H3,(H,37,43)/t15?,20?,22?,23?,28?,34-/m0/s1. The highest BCUT2D eigenvalue weighted by Gasteiger charge is 2.49. The summed E-state index contributed by atoms with van der Waals surface area (Å²) in [5.41, 5.74) is 6.04. The number of carbonyl (C=O) groups is 3. The van der Waals surface area contributed by atoms with Gasteiger partial charge in [-0.25, -0.2) is 5.43 Å². The quantitative estimate of drug-likeness (QED) is 0.102. The van der Waals surface area contributed by atoms with Crippen LogP contribution in [-0.4, -0.2) is 80.9 Å². The lowest BCUT2D eigenvalue weighted by atomic mass is 9.71. The molecule has 0 aromatic heterocycles. The summed E-state index contributed by atoms with van der Waals surface area (Å²) >= 11 is 0. The average Bonchev–Trinajstić information content (AvgIpc) is 3.06. The van der Waals surface area contributed by atoms with E-state index in [0.29, 0.717) is 5.56 Å². The Morgan fingerprint density at radius 1 is 1.04 bits per heavy atom. The molecule has 1 heterocycles. The van der Waals surface area contributed by atoms with Gasteiger partial charge in [0.1, 0.15) is 22.8 Å². The van der Waals surface area contributed by atoms with Gasteiger partial charge >= 0.3 is 0 Å². The van der Waals surface area contributed by atoms with Gasteiger partial charge in [-0.2, -0.15) is 5.10 Å². The maximum absolute atomic E-state index is 13.9. The third-order valence-corrected chi connectivity index (χ3v) is 9.18. The summed E-state index contributed by atoms with van der Waals surface area (Å²) in [6.07, 6.45) is -4.51. The van der Waals surface area contributed by atoms with E-state index in [2.05, 4.69) is 10.5 Å². The number of methoxy groups -OCH3 is 1. The normalized spacial score (nSPS) is 27.0. The van der Waals surface area contributed by atoms with E-state index in [1.807, 2.05) is 0 Å². The van der Waals surface area contributed by atoms with Gasteiger partial charge in [-0.05, 0) is 32.0 Å². The number of hydrogen-bond acceptors (Lipinski definition) is 12. The smallest absolute Gasteiger partial charge is 0.271 e. The average molecular weight is 646 g/mol. The van der Waals surface area contributed by atoms with Crippen molar-refractivity contribution < 1.29 is 49.0 Å². The fourth-order valence-corrected chi connectivity index (χ4v) is 6.56. The molecular formula is C34H35N3O10. The van der Waals surface area contributed by atoms with E-state index < -0.39 is 76.3 Å². The molecule has 1 aliphatic heterocycles. The van der Waals surface area contributed by atoms with Crippen molar-refractivity contribution in [2.24, 2.45) is 10.8 Å². The van der Waals surface area contributed by atoms with Gasteiger partial charge in [-0.1, -0.05) is 30.3 Å². The molecule has 3 aliphatic rings. The second kappa shape index (κ2) is 12.2. The first-order valence-electron chi connectivity index (χ1n) is 15.1. The van der Waals surface area contributed by atoms with Crippen LogP contribution in [0.15, 0.2) is 53.6 Å². The van der Waals surface area contributed by atoms with Crippen molar-refractivity contribution in [2.45, 2.75) is 69.4 Å². The molecule has 0 radical (unpaired) electrons. The topological polar surface area (TPSA) is 210 Å². The van der Waals surface area contributed by atoms with Crippen molar-refractivity contribution in [3.63, 3.8) is 0 Å². The summed E-state index contributed by atoms with van der Waals surface area (Å²) in [5.74, 6) is -3.08. The van der Waals surface area contributed by atoms with Crippen LogP contribution in [0.25, 0.3) is 0 Å². The number of hydrazone groups is 1. The molecule has 1 fully saturated rings. The molecule has 1 saturated heterocycles. The molecule has 246 valence electrons. The molecule has 0 saturated carbocycles. The number of nitrogens with two attached hydrogens (primary N) is 1. The number of benzene rings is 3. The Morgan fingerprint density at radius 2 is 1.74 bits per heavy atom. The molecule has 2 aliphatic carbocycles. The Labute approximate surface area is 269 Å². The maximum atomic E-state index is 13.9. The van der Waals surface area contributed by atoms with Crippen molar-refractivity contribution in [1.29, 1.82) is 0 Å². The predicted octanol–water partition coefficient (Wildman–Crippen LogP) is 2.25. The summed E-state index contributed by atoms with van der Waals surface area (Å²) < 4.78 is 17.5. The summed E-state index contributed by atoms with van der Waals surface area (Å²) in [5, 5.41) is 50.0. The molecule has 47 heavy (non-hydrogen) atoms. The number of phenols is 2. The largest absolute Gasteiger partial charge is 0.507 e. The van der Waals surface area contributed by atoms with Crippen molar-refractivity contribution in [3.8, 4) is 17.2 Å². The van der Waals surface area contributed by atoms with Crippen LogP contribution in [-0.2, 0) is 15.9 Å². The minimum Gasteiger partial charge on any atom is -0.507 e. The molecule has 13 heteroatoms. The molecule has 6 atom stereocenters. The van der Waals surface area contributed by atoms with Gasteiger partial charge in [0.25, 0.3) is 5.91 Å². The van der Waals surface area contributed by atoms with E-state index >= 15 is 0 Å². The highest BCUT2D eigenvalue weighted by Crippen LogP contribution is 2.52. The van der Waals surface area contributed by atoms with Gasteiger partial charge in [-0.3, -0.25) is 14.4 Å². The predicted molar refractivity (Wildman–Crippen MR) is 167 cm³/mol. The Bertz CT molecular complexity index is 1800. The summed E-state index contributed by atoms with van der Waals surface area (Å²) in [6, 6.07) is 12.1. The van der Waals surface area contributed by atoms with Gasteiger partial charge < -0.3 is 40.4 Å². The number of nitrogens with one attached hydrogen (secondary N) is 1. The lowest BCUT2D eigenvalue weighted by molar-refractivity contribution is -0.245. The molecule has 3 aromatic carbocycles. The van der Waals surface area contributed by atoms with Crippen LogP contribution in [0.3, 0.4) is 0 Å². The van der Waals surface area contributed by atoms with Gasteiger partial charge in [-0.15, -0.1) is 0 Å². The number of rotatable bonds is 6. The summed E-state index contributed by atoms with van der Waals surface area (Å²) in [4.78, 5) is 40.4. The van der Waals surface area contributed by atoms with Gasteiger partial charge in [0.15, 0.2) is 12.1 Å². The van der Waals surface area contributed by atoms with Crippen LogP contribution in [0, 0.1) is 0 Å². The molecule has 1 amide bonds. The fourth-order valence-electron chi connectivity index (χ4n) is 6.56. The van der Waals surface area contributed by atoms with Crippen LogP contribution in [0.2, 0.25) is 0 Å². The molecule has 0 bridgehead atoms. The lowest BCUT2D eigenvalue weighted by Gasteiger charge is -2.42. The van der Waals surface area contributed by atoms with Gasteiger partial charge in [0.05, 0.1) is 47.8 Å². The van der Waals surface area contributed by atoms with E-state index in [-0.39, 0.29) is 53.0 Å². The second-order valence-electron chi connectivity index (χ2n) is 12.1. The zero-order valence-corrected chi connectivity index (χ0v) is 25.9. The lowest BCUT2D eigenvalue weighted by Crippen LogP contribution is -2.52. The second-order valence-corrected chi connectivity index (χ2v) is 12.1. The molecule has 13 nitrogen and oxygen atoms in total. The van der Waals surface area contributed by atoms with Crippen LogP contribution in [0.5, 0.6) is 17.2 Å². The molecule has 3 aromatic rings. The zero-order valence-electron chi connectivity index (χ0n) is 25.9. The number of aliphatic hydroxyl groups excluding tert-OH is 1. The monoisotopic (exact) mass is 645 g/mol. The minimum atomic E-state index is -1.88. The summed E-state index contributed by atoms with van der Waals surface area (Å²) in [7, 11) is 1.34. The number of ketones is 2. The minimum absolute atomic E-state index is 0.0196. The highest BCUT2D eigenvalue weighted by atomic mass is 16.7. The first-order chi connectivity index (χ1) is 22.4. The van der Waals surface area contributed by atoms with E-state index in [0.717, 1.165) is 0 Å². The number of phenolic OH excluding ortho intramolecular Hbond substituents is 2. The Balaban J connectivity index is 1.46. The highest BCUT2D eigenvalue weighted by molar-refractivity contribution is 6.31. The van der Waals surface area contributed by atoms with E-state index in [9.17, 15) is 34.8 Å². The Kier molecular flexibility index (Phi) is 8.36. The number of nitrogens with zero attached hydrogens (tertiary/aromatic N) is 1. The van der Waals surface area contributed by atoms with Crippen LogP contribution in [0.4, 0.5) is 0 Å². The van der Waals surface area contributed by atoms with E-state index in [4.69, 9.17) is 19.9 Å². The number of aliphatic hydroxyl groups is 2. The number of fused-ring (bicyclic) bond motifs is 3. The van der Waals surface area contributed by atoms with Gasteiger partial charge in [0.2, 0.25) is 5.78 Å². The van der Waals surface area contributed by atoms with Crippen LogP contribution < -0.4 is 15.9 Å².